The lowest BCUT2D eigenvalue weighted by Crippen LogP contribution is -1.97. The quantitative estimate of drug-likeness (QED) is 0.0602. The van der Waals surface area contributed by atoms with Crippen LogP contribution < -0.4 is 0 Å². The van der Waals surface area contributed by atoms with Crippen LogP contribution in [-0.4, -0.2) is 13.7 Å². The SMILES string of the molecule is CCCCCCCCn1c2ccccc2c2cc(-c3cc4c(s3)c3sc(-c5ccc6c(c5)c5ccccc5n6CCCCCCCC)cc3n4-c3ccc(CCCCCC)cc3)ccc21. The first-order valence-corrected chi connectivity index (χ1v) is 27.0. The Bertz CT molecular complexity index is 3000. The summed E-state index contributed by atoms with van der Waals surface area (Å²) in [4.78, 5) is 2.67. The average Bonchev–Trinajstić information content (AvgIpc) is 4.16. The molecule has 0 spiro atoms. The number of unbranched alkanes of at least 4 members (excludes halogenated alkanes) is 13. The van der Waals surface area contributed by atoms with E-state index in [9.17, 15) is 0 Å². The molecule has 0 bridgehead atoms. The van der Waals surface area contributed by atoms with Crippen LogP contribution in [0.15, 0.2) is 121 Å². The Morgan fingerprint density at radius 3 is 1.29 bits per heavy atom. The van der Waals surface area contributed by atoms with Crippen molar-refractivity contribution in [2.24, 2.45) is 0 Å². The Morgan fingerprint density at radius 1 is 0.369 bits per heavy atom. The number of nitrogens with zero attached hydrogens (tertiary/aromatic N) is 3. The number of thiophene rings is 2. The van der Waals surface area contributed by atoms with Crippen molar-refractivity contribution >= 4 is 86.7 Å². The monoisotopic (exact) mass is 893 g/mol. The molecule has 334 valence electrons. The van der Waals surface area contributed by atoms with Crippen LogP contribution >= 0.6 is 22.7 Å². The standard InChI is InChI=1S/C60H67N3S2/c1-4-7-10-13-15-22-37-61-51-27-20-18-25-47(51)49-39-44(31-35-53(49)61)57-41-55-59(64-57)60-56(63(55)46-33-29-43(30-34-46)24-17-12-9-6-3)42-58(65-60)45-32-36-54-50(40-45)48-26-19-21-28-52(48)62(54)38-23-16-14-11-8-5-2/h18-21,25-36,39-42H,4-17,22-24,37-38H2,1-3H3. The minimum absolute atomic E-state index is 1.08. The molecule has 0 radical (unpaired) electrons. The first-order valence-electron chi connectivity index (χ1n) is 25.3. The molecule has 0 N–H and O–H groups in total. The lowest BCUT2D eigenvalue weighted by Gasteiger charge is -2.09. The highest BCUT2D eigenvalue weighted by Crippen LogP contribution is 2.48. The summed E-state index contributed by atoms with van der Waals surface area (Å²) in [5.74, 6) is 0. The van der Waals surface area contributed by atoms with Gasteiger partial charge in [-0.2, -0.15) is 0 Å². The maximum Gasteiger partial charge on any atom is 0.0711 e. The van der Waals surface area contributed by atoms with E-state index in [1.807, 2.05) is 22.7 Å². The van der Waals surface area contributed by atoms with Crippen LogP contribution in [-0.2, 0) is 19.5 Å². The van der Waals surface area contributed by atoms with Gasteiger partial charge in [0.1, 0.15) is 0 Å². The van der Waals surface area contributed by atoms with E-state index in [2.05, 4.69) is 156 Å². The zero-order valence-electron chi connectivity index (χ0n) is 39.1. The van der Waals surface area contributed by atoms with Crippen molar-refractivity contribution in [3.63, 3.8) is 0 Å². The van der Waals surface area contributed by atoms with Gasteiger partial charge in [-0.15, -0.1) is 22.7 Å². The fourth-order valence-electron chi connectivity index (χ4n) is 10.7. The molecular formula is C60H67N3S2. The van der Waals surface area contributed by atoms with Crippen molar-refractivity contribution in [3.8, 4) is 26.6 Å². The van der Waals surface area contributed by atoms with E-state index in [1.54, 1.807) is 0 Å². The maximum atomic E-state index is 2.59. The summed E-state index contributed by atoms with van der Waals surface area (Å²) >= 11 is 3.93. The maximum absolute atomic E-state index is 2.59. The lowest BCUT2D eigenvalue weighted by atomic mass is 10.1. The molecule has 0 unspecified atom stereocenters. The third-order valence-electron chi connectivity index (χ3n) is 14.2. The van der Waals surface area contributed by atoms with Crippen molar-refractivity contribution in [2.75, 3.05) is 0 Å². The second kappa shape index (κ2) is 20.2. The number of hydrogen-bond donors (Lipinski definition) is 0. The molecule has 5 aromatic heterocycles. The van der Waals surface area contributed by atoms with Crippen molar-refractivity contribution in [1.82, 2.24) is 13.7 Å². The summed E-state index contributed by atoms with van der Waals surface area (Å²) in [6, 6.07) is 47.1. The van der Waals surface area contributed by atoms with Gasteiger partial charge in [0.15, 0.2) is 0 Å². The number of aryl methyl sites for hydroxylation is 3. The fourth-order valence-corrected chi connectivity index (χ4v) is 13.1. The largest absolute Gasteiger partial charge is 0.340 e. The van der Waals surface area contributed by atoms with Gasteiger partial charge in [0.2, 0.25) is 0 Å². The lowest BCUT2D eigenvalue weighted by molar-refractivity contribution is 0.571. The van der Waals surface area contributed by atoms with E-state index in [4.69, 9.17) is 0 Å². The van der Waals surface area contributed by atoms with E-state index in [1.165, 1.54) is 199 Å². The summed E-state index contributed by atoms with van der Waals surface area (Å²) in [5.41, 5.74) is 13.4. The number of hydrogen-bond acceptors (Lipinski definition) is 2. The summed E-state index contributed by atoms with van der Waals surface area (Å²) in [6.07, 6.45) is 22.1. The van der Waals surface area contributed by atoms with Gasteiger partial charge in [-0.05, 0) is 103 Å². The molecule has 0 saturated heterocycles. The molecule has 5 aromatic carbocycles. The zero-order valence-corrected chi connectivity index (χ0v) is 40.8. The molecule has 10 rings (SSSR count). The Labute approximate surface area is 394 Å². The van der Waals surface area contributed by atoms with E-state index < -0.39 is 0 Å². The first-order chi connectivity index (χ1) is 32.1. The Kier molecular flexibility index (Phi) is 13.6. The van der Waals surface area contributed by atoms with Crippen LogP contribution in [0.25, 0.3) is 90.6 Å². The molecular weight excluding hydrogens is 827 g/mol. The van der Waals surface area contributed by atoms with Crippen LogP contribution in [0.3, 0.4) is 0 Å². The Hall–Kier alpha value is -5.10. The van der Waals surface area contributed by atoms with Gasteiger partial charge in [-0.25, -0.2) is 0 Å². The van der Waals surface area contributed by atoms with E-state index in [-0.39, 0.29) is 0 Å². The van der Waals surface area contributed by atoms with Gasteiger partial charge in [-0.3, -0.25) is 0 Å². The van der Waals surface area contributed by atoms with Gasteiger partial charge in [-0.1, -0.05) is 165 Å². The summed E-state index contributed by atoms with van der Waals surface area (Å²) in [6.45, 7) is 9.05. The molecule has 0 aliphatic rings. The fraction of sp³-hybridized carbons (Fsp3) is 0.367. The highest BCUT2D eigenvalue weighted by molar-refractivity contribution is 7.30. The molecule has 0 fully saturated rings. The second-order valence-electron chi connectivity index (χ2n) is 18.8. The molecule has 10 aromatic rings. The molecule has 0 aliphatic heterocycles. The van der Waals surface area contributed by atoms with Gasteiger partial charge in [0.05, 0.1) is 20.4 Å². The predicted molar refractivity (Wildman–Crippen MR) is 288 cm³/mol. The minimum Gasteiger partial charge on any atom is -0.340 e. The Morgan fingerprint density at radius 2 is 0.800 bits per heavy atom. The molecule has 3 nitrogen and oxygen atoms in total. The predicted octanol–water partition coefficient (Wildman–Crippen LogP) is 19.3. The number of rotatable bonds is 22. The molecule has 5 heteroatoms. The highest BCUT2D eigenvalue weighted by Gasteiger charge is 2.22. The highest BCUT2D eigenvalue weighted by atomic mass is 32.1. The molecule has 5 heterocycles. The van der Waals surface area contributed by atoms with Gasteiger partial charge in [0, 0.05) is 72.1 Å². The van der Waals surface area contributed by atoms with Crippen LogP contribution in [0.1, 0.15) is 129 Å². The minimum atomic E-state index is 1.08. The Balaban J connectivity index is 1.03. The smallest absolute Gasteiger partial charge is 0.0711 e. The molecule has 0 aliphatic carbocycles. The van der Waals surface area contributed by atoms with E-state index in [0.29, 0.717) is 0 Å². The summed E-state index contributed by atoms with van der Waals surface area (Å²) in [7, 11) is 0. The molecule has 0 amide bonds. The van der Waals surface area contributed by atoms with Gasteiger partial charge >= 0.3 is 0 Å². The van der Waals surface area contributed by atoms with Gasteiger partial charge < -0.3 is 13.7 Å². The zero-order chi connectivity index (χ0) is 44.1. The summed E-state index contributed by atoms with van der Waals surface area (Å²) in [5, 5.41) is 5.46. The molecule has 0 saturated carbocycles. The normalized spacial score (nSPS) is 12.2. The number of para-hydroxylation sites is 2. The van der Waals surface area contributed by atoms with E-state index >= 15 is 0 Å². The topological polar surface area (TPSA) is 14.8 Å². The van der Waals surface area contributed by atoms with Crippen molar-refractivity contribution in [2.45, 2.75) is 143 Å². The van der Waals surface area contributed by atoms with Crippen LogP contribution in [0, 0.1) is 0 Å². The van der Waals surface area contributed by atoms with Gasteiger partial charge in [0.25, 0.3) is 0 Å². The number of benzene rings is 5. The third kappa shape index (κ3) is 8.84. The second-order valence-corrected chi connectivity index (χ2v) is 20.9. The third-order valence-corrected chi connectivity index (χ3v) is 16.7. The van der Waals surface area contributed by atoms with Crippen LogP contribution in [0.5, 0.6) is 0 Å². The molecule has 65 heavy (non-hydrogen) atoms. The average molecular weight is 894 g/mol. The van der Waals surface area contributed by atoms with Crippen molar-refractivity contribution in [1.29, 1.82) is 0 Å². The number of aromatic nitrogens is 3. The molecule has 0 atom stereocenters. The van der Waals surface area contributed by atoms with Crippen LogP contribution in [0.2, 0.25) is 0 Å². The van der Waals surface area contributed by atoms with Crippen molar-refractivity contribution in [3.05, 3.63) is 127 Å². The first kappa shape index (κ1) is 43.8. The van der Waals surface area contributed by atoms with E-state index in [0.717, 1.165) is 19.5 Å². The number of fused-ring (bicyclic) bond motifs is 9. The van der Waals surface area contributed by atoms with Crippen LogP contribution in [0.4, 0.5) is 0 Å². The van der Waals surface area contributed by atoms with Crippen molar-refractivity contribution < 1.29 is 0 Å². The summed E-state index contributed by atoms with van der Waals surface area (Å²) < 4.78 is 10.5.